The molecule has 0 aliphatic carbocycles. The number of benzene rings is 2. The zero-order valence-corrected chi connectivity index (χ0v) is 16.8. The summed E-state index contributed by atoms with van der Waals surface area (Å²) in [7, 11) is 1.58. The van der Waals surface area contributed by atoms with E-state index in [0.717, 1.165) is 8.95 Å². The first kappa shape index (κ1) is 19.5. The summed E-state index contributed by atoms with van der Waals surface area (Å²) in [5.74, 6) is 0.433. The number of carbonyl (C=O) groups is 2. The van der Waals surface area contributed by atoms with Crippen molar-refractivity contribution < 1.29 is 14.3 Å². The summed E-state index contributed by atoms with van der Waals surface area (Å²) in [5.41, 5.74) is 1.27. The van der Waals surface area contributed by atoms with Crippen LogP contribution in [0.25, 0.3) is 0 Å². The van der Waals surface area contributed by atoms with Crippen molar-refractivity contribution in [1.29, 1.82) is 0 Å². The zero-order chi connectivity index (χ0) is 18.2. The van der Waals surface area contributed by atoms with Gasteiger partial charge in [0.05, 0.1) is 12.8 Å². The molecule has 2 N–H and O–H groups in total. The van der Waals surface area contributed by atoms with Crippen LogP contribution in [0.3, 0.4) is 0 Å². The summed E-state index contributed by atoms with van der Waals surface area (Å²) in [4.78, 5) is 24.0. The second-order valence-corrected chi connectivity index (χ2v) is 7.03. The van der Waals surface area contributed by atoms with Crippen molar-refractivity contribution in [3.05, 3.63) is 57.0 Å². The van der Waals surface area contributed by atoms with E-state index in [-0.39, 0.29) is 11.8 Å². The van der Waals surface area contributed by atoms with Crippen LogP contribution >= 0.6 is 31.9 Å². The number of methoxy groups -OCH3 is 1. The van der Waals surface area contributed by atoms with Gasteiger partial charge in [0.1, 0.15) is 5.75 Å². The van der Waals surface area contributed by atoms with Crippen LogP contribution in [-0.4, -0.2) is 25.5 Å². The highest BCUT2D eigenvalue weighted by Crippen LogP contribution is 2.26. The third-order valence-corrected chi connectivity index (χ3v) is 4.61. The van der Waals surface area contributed by atoms with E-state index >= 15 is 0 Å². The van der Waals surface area contributed by atoms with Crippen LogP contribution in [0, 0.1) is 0 Å². The van der Waals surface area contributed by atoms with Crippen molar-refractivity contribution in [2.75, 3.05) is 19.0 Å². The van der Waals surface area contributed by atoms with E-state index in [1.165, 1.54) is 0 Å². The Labute approximate surface area is 163 Å². The normalized spacial score (nSPS) is 10.2. The fraction of sp³-hybridized carbons (Fsp3) is 0.222. The Kier molecular flexibility index (Phi) is 7.46. The Hall–Kier alpha value is -1.86. The lowest BCUT2D eigenvalue weighted by molar-refractivity contribution is -0.116. The molecule has 0 aliphatic rings. The standard InChI is InChI=1S/C18H18Br2N2O3/c1-25-14-7-4-12(5-8-14)18(24)21-10-2-3-17(23)22-16-11-13(19)6-9-15(16)20/h4-9,11H,2-3,10H2,1H3,(H,21,24)(H,22,23). The third-order valence-electron chi connectivity index (χ3n) is 3.42. The molecule has 0 heterocycles. The number of rotatable bonds is 7. The first-order valence-electron chi connectivity index (χ1n) is 7.67. The number of anilines is 1. The van der Waals surface area contributed by atoms with Gasteiger partial charge in [0, 0.05) is 27.5 Å². The summed E-state index contributed by atoms with van der Waals surface area (Å²) < 4.78 is 6.76. The summed E-state index contributed by atoms with van der Waals surface area (Å²) in [5, 5.41) is 5.64. The molecule has 2 amide bonds. The fourth-order valence-electron chi connectivity index (χ4n) is 2.10. The maximum atomic E-state index is 12.0. The van der Waals surface area contributed by atoms with Gasteiger partial charge in [0.15, 0.2) is 0 Å². The molecule has 0 atom stereocenters. The summed E-state index contributed by atoms with van der Waals surface area (Å²) >= 11 is 6.76. The molecule has 2 aromatic carbocycles. The molecule has 0 saturated carbocycles. The largest absolute Gasteiger partial charge is 0.497 e. The van der Waals surface area contributed by atoms with E-state index in [9.17, 15) is 9.59 Å². The minimum absolute atomic E-state index is 0.0995. The van der Waals surface area contributed by atoms with Crippen LogP contribution in [0.5, 0.6) is 5.75 Å². The van der Waals surface area contributed by atoms with E-state index < -0.39 is 0 Å². The lowest BCUT2D eigenvalue weighted by Gasteiger charge is -2.09. The van der Waals surface area contributed by atoms with Crippen molar-refractivity contribution in [2.24, 2.45) is 0 Å². The van der Waals surface area contributed by atoms with Gasteiger partial charge >= 0.3 is 0 Å². The lowest BCUT2D eigenvalue weighted by Crippen LogP contribution is -2.25. The minimum atomic E-state index is -0.169. The highest BCUT2D eigenvalue weighted by molar-refractivity contribution is 9.11. The molecule has 0 aliphatic heterocycles. The topological polar surface area (TPSA) is 67.4 Å². The van der Waals surface area contributed by atoms with E-state index in [0.29, 0.717) is 36.4 Å². The summed E-state index contributed by atoms with van der Waals surface area (Å²) in [6, 6.07) is 12.4. The summed E-state index contributed by atoms with van der Waals surface area (Å²) in [6.45, 7) is 0.429. The molecule has 0 bridgehead atoms. The van der Waals surface area contributed by atoms with E-state index in [1.54, 1.807) is 31.4 Å². The molecule has 0 radical (unpaired) electrons. The van der Waals surface area contributed by atoms with Crippen molar-refractivity contribution in [2.45, 2.75) is 12.8 Å². The van der Waals surface area contributed by atoms with Gasteiger partial charge < -0.3 is 15.4 Å². The second kappa shape index (κ2) is 9.58. The number of hydrogen-bond donors (Lipinski definition) is 2. The maximum Gasteiger partial charge on any atom is 0.251 e. The fourth-order valence-corrected chi connectivity index (χ4v) is 2.81. The van der Waals surface area contributed by atoms with Gasteiger partial charge in [0.2, 0.25) is 5.91 Å². The van der Waals surface area contributed by atoms with Gasteiger partial charge in [-0.05, 0) is 64.8 Å². The number of ether oxygens (including phenoxy) is 1. The predicted molar refractivity (Wildman–Crippen MR) is 105 cm³/mol. The number of carbonyl (C=O) groups excluding carboxylic acids is 2. The van der Waals surface area contributed by atoms with Crippen LogP contribution in [0.2, 0.25) is 0 Å². The number of amides is 2. The molecular weight excluding hydrogens is 452 g/mol. The number of nitrogens with one attached hydrogen (secondary N) is 2. The van der Waals surface area contributed by atoms with Crippen LogP contribution in [-0.2, 0) is 4.79 Å². The lowest BCUT2D eigenvalue weighted by atomic mass is 10.2. The van der Waals surface area contributed by atoms with Gasteiger partial charge in [-0.2, -0.15) is 0 Å². The van der Waals surface area contributed by atoms with Crippen LogP contribution in [0.1, 0.15) is 23.2 Å². The first-order valence-corrected chi connectivity index (χ1v) is 9.25. The average Bonchev–Trinajstić information content (AvgIpc) is 2.61. The Morgan fingerprint density at radius 1 is 1.08 bits per heavy atom. The Balaban J connectivity index is 1.73. The minimum Gasteiger partial charge on any atom is -0.497 e. The monoisotopic (exact) mass is 468 g/mol. The van der Waals surface area contributed by atoms with Gasteiger partial charge in [0.25, 0.3) is 5.91 Å². The number of halogens is 2. The smallest absolute Gasteiger partial charge is 0.251 e. The van der Waals surface area contributed by atoms with Crippen LogP contribution < -0.4 is 15.4 Å². The first-order chi connectivity index (χ1) is 12.0. The molecule has 0 aromatic heterocycles. The van der Waals surface area contributed by atoms with Gasteiger partial charge in [-0.3, -0.25) is 9.59 Å². The third kappa shape index (κ3) is 6.17. The molecule has 132 valence electrons. The van der Waals surface area contributed by atoms with E-state index in [4.69, 9.17) is 4.74 Å². The molecule has 0 spiro atoms. The molecule has 2 aromatic rings. The molecule has 7 heteroatoms. The molecule has 2 rings (SSSR count). The highest BCUT2D eigenvalue weighted by Gasteiger charge is 2.08. The van der Waals surface area contributed by atoms with Crippen LogP contribution in [0.15, 0.2) is 51.4 Å². The highest BCUT2D eigenvalue weighted by atomic mass is 79.9. The Bertz CT molecular complexity index is 748. The average molecular weight is 470 g/mol. The molecule has 0 unspecified atom stereocenters. The van der Waals surface area contributed by atoms with Crippen LogP contribution in [0.4, 0.5) is 5.69 Å². The quantitative estimate of drug-likeness (QED) is 0.591. The van der Waals surface area contributed by atoms with Crippen molar-refractivity contribution in [3.63, 3.8) is 0 Å². The van der Waals surface area contributed by atoms with Crippen molar-refractivity contribution in [3.8, 4) is 5.75 Å². The zero-order valence-electron chi connectivity index (χ0n) is 13.6. The molecular formula is C18H18Br2N2O3. The SMILES string of the molecule is COc1ccc(C(=O)NCCCC(=O)Nc2cc(Br)ccc2Br)cc1. The van der Waals surface area contributed by atoms with Crippen molar-refractivity contribution >= 4 is 49.4 Å². The van der Waals surface area contributed by atoms with Gasteiger partial charge in [-0.15, -0.1) is 0 Å². The molecule has 0 saturated heterocycles. The van der Waals surface area contributed by atoms with E-state index in [2.05, 4.69) is 42.5 Å². The predicted octanol–water partition coefficient (Wildman–Crippen LogP) is 4.37. The molecule has 25 heavy (non-hydrogen) atoms. The Morgan fingerprint density at radius 2 is 1.80 bits per heavy atom. The van der Waals surface area contributed by atoms with E-state index in [1.807, 2.05) is 18.2 Å². The summed E-state index contributed by atoms with van der Waals surface area (Å²) in [6.07, 6.45) is 0.876. The second-order valence-electron chi connectivity index (χ2n) is 5.26. The molecule has 5 nitrogen and oxygen atoms in total. The van der Waals surface area contributed by atoms with Gasteiger partial charge in [-0.25, -0.2) is 0 Å². The maximum absolute atomic E-state index is 12.0. The molecule has 0 fully saturated rings. The van der Waals surface area contributed by atoms with Crippen molar-refractivity contribution in [1.82, 2.24) is 5.32 Å². The number of hydrogen-bond acceptors (Lipinski definition) is 3. The van der Waals surface area contributed by atoms with Gasteiger partial charge in [-0.1, -0.05) is 15.9 Å². The Morgan fingerprint density at radius 3 is 2.48 bits per heavy atom.